The number of hydrogen-bond donors (Lipinski definition) is 1. The highest BCUT2D eigenvalue weighted by Crippen LogP contribution is 2.42. The van der Waals surface area contributed by atoms with Gasteiger partial charge in [0.15, 0.2) is 0 Å². The Bertz CT molecular complexity index is 646. The van der Waals surface area contributed by atoms with E-state index < -0.39 is 0 Å². The lowest BCUT2D eigenvalue weighted by Crippen LogP contribution is -2.26. The molecule has 0 saturated carbocycles. The fraction of sp³-hybridized carbons (Fsp3) is 0.571. The molecule has 1 N–H and O–H groups in total. The van der Waals surface area contributed by atoms with Gasteiger partial charge in [-0.3, -0.25) is 0 Å². The predicted molar refractivity (Wildman–Crippen MR) is 79.8 cm³/mol. The van der Waals surface area contributed by atoms with Crippen LogP contribution in [-0.2, 0) is 12.8 Å². The van der Waals surface area contributed by atoms with Crippen LogP contribution in [0.3, 0.4) is 0 Å². The van der Waals surface area contributed by atoms with Crippen molar-refractivity contribution in [2.45, 2.75) is 40.0 Å². The molecule has 0 aromatic carbocycles. The minimum Gasteiger partial charge on any atom is -0.337 e. The van der Waals surface area contributed by atoms with Gasteiger partial charge in [-0.2, -0.15) is 0 Å². The first-order valence-electron chi connectivity index (χ1n) is 6.45. The molecule has 4 heteroatoms. The van der Waals surface area contributed by atoms with E-state index in [1.54, 1.807) is 6.33 Å². The average molecular weight is 278 g/mol. The second-order valence-corrected chi connectivity index (χ2v) is 7.71. The molecule has 0 saturated heterocycles. The average Bonchev–Trinajstić information content (AvgIpc) is 2.66. The summed E-state index contributed by atoms with van der Waals surface area (Å²) in [7, 11) is 0. The zero-order valence-corrected chi connectivity index (χ0v) is 12.7. The molecule has 1 aliphatic rings. The highest BCUT2D eigenvalue weighted by atomic mass is 32.1. The fourth-order valence-electron chi connectivity index (χ4n) is 2.86. The summed E-state index contributed by atoms with van der Waals surface area (Å²) < 4.78 is 0.853. The van der Waals surface area contributed by atoms with Crippen molar-refractivity contribution in [2.24, 2.45) is 11.3 Å². The number of rotatable bonds is 0. The molecule has 2 heterocycles. The van der Waals surface area contributed by atoms with Crippen molar-refractivity contribution >= 4 is 33.8 Å². The molecule has 0 amide bonds. The Labute approximate surface area is 116 Å². The first-order valence-corrected chi connectivity index (χ1v) is 7.67. The van der Waals surface area contributed by atoms with Gasteiger partial charge in [0.05, 0.1) is 6.33 Å². The summed E-state index contributed by atoms with van der Waals surface area (Å²) in [4.78, 5) is 10.1. The molecule has 2 nitrogen and oxygen atoms in total. The third-order valence-corrected chi connectivity index (χ3v) is 5.56. The largest absolute Gasteiger partial charge is 0.337 e. The number of hydrogen-bond acceptors (Lipinski definition) is 3. The van der Waals surface area contributed by atoms with E-state index >= 15 is 0 Å². The molecular weight excluding hydrogens is 260 g/mol. The summed E-state index contributed by atoms with van der Waals surface area (Å²) in [6.07, 6.45) is 5.33. The molecule has 96 valence electrons. The van der Waals surface area contributed by atoms with Crippen molar-refractivity contribution in [3.8, 4) is 0 Å². The lowest BCUT2D eigenvalue weighted by atomic mass is 9.72. The molecule has 2 aromatic heterocycles. The van der Waals surface area contributed by atoms with Crippen molar-refractivity contribution in [1.29, 1.82) is 0 Å². The topological polar surface area (TPSA) is 28.7 Å². The van der Waals surface area contributed by atoms with E-state index in [0.29, 0.717) is 5.41 Å². The standard InChI is InChI=1S/C14H18N2S2/c1-14(2,3)8-4-5-9-10(6-8)18-13-11(9)12(17)15-7-16-13/h7-8H,4-6H2,1-3H3,(H,15,16,17). The third-order valence-electron chi connectivity index (χ3n) is 4.08. The van der Waals surface area contributed by atoms with Gasteiger partial charge >= 0.3 is 0 Å². The normalized spacial score (nSPS) is 20.1. The van der Waals surface area contributed by atoms with Crippen LogP contribution >= 0.6 is 23.6 Å². The second kappa shape index (κ2) is 4.14. The minimum absolute atomic E-state index is 0.393. The Hall–Kier alpha value is -0.740. The van der Waals surface area contributed by atoms with Crippen molar-refractivity contribution < 1.29 is 0 Å². The lowest BCUT2D eigenvalue weighted by molar-refractivity contribution is 0.218. The monoisotopic (exact) mass is 278 g/mol. The van der Waals surface area contributed by atoms with Crippen LogP contribution in [0.2, 0.25) is 0 Å². The highest BCUT2D eigenvalue weighted by Gasteiger charge is 2.31. The molecular formula is C14H18N2S2. The SMILES string of the molecule is CC(C)(C)C1CCc2c(sc3nc[nH]c(=S)c23)C1. The van der Waals surface area contributed by atoms with Gasteiger partial charge in [0.25, 0.3) is 0 Å². The van der Waals surface area contributed by atoms with E-state index in [9.17, 15) is 0 Å². The number of nitrogens with one attached hydrogen (secondary N) is 1. The third kappa shape index (κ3) is 1.91. The molecule has 0 radical (unpaired) electrons. The lowest BCUT2D eigenvalue weighted by Gasteiger charge is -2.33. The van der Waals surface area contributed by atoms with Gasteiger partial charge in [0.1, 0.15) is 9.47 Å². The summed E-state index contributed by atoms with van der Waals surface area (Å²) in [6, 6.07) is 0. The second-order valence-electron chi connectivity index (χ2n) is 6.22. The van der Waals surface area contributed by atoms with Gasteiger partial charge in [-0.15, -0.1) is 11.3 Å². The maximum atomic E-state index is 5.41. The molecule has 1 unspecified atom stereocenters. The molecule has 0 bridgehead atoms. The molecule has 2 aromatic rings. The van der Waals surface area contributed by atoms with Crippen LogP contribution in [0, 0.1) is 16.0 Å². The zero-order valence-electron chi connectivity index (χ0n) is 11.0. The number of thiophene rings is 1. The number of fused-ring (bicyclic) bond motifs is 3. The molecule has 3 rings (SSSR count). The van der Waals surface area contributed by atoms with Crippen LogP contribution in [0.5, 0.6) is 0 Å². The van der Waals surface area contributed by atoms with E-state index in [1.165, 1.54) is 28.7 Å². The predicted octanol–water partition coefficient (Wildman–Crippen LogP) is 4.50. The smallest absolute Gasteiger partial charge is 0.128 e. The Morgan fingerprint density at radius 1 is 1.44 bits per heavy atom. The Kier molecular flexibility index (Phi) is 2.83. The van der Waals surface area contributed by atoms with Crippen LogP contribution in [0.4, 0.5) is 0 Å². The molecule has 1 aliphatic carbocycles. The summed E-state index contributed by atoms with van der Waals surface area (Å²) in [6.45, 7) is 7.04. The van der Waals surface area contributed by atoms with E-state index in [4.69, 9.17) is 12.2 Å². The van der Waals surface area contributed by atoms with Crippen LogP contribution in [-0.4, -0.2) is 9.97 Å². The van der Waals surface area contributed by atoms with Crippen LogP contribution < -0.4 is 0 Å². The molecule has 0 fully saturated rings. The first kappa shape index (κ1) is 12.3. The fourth-order valence-corrected chi connectivity index (χ4v) is 4.47. The van der Waals surface area contributed by atoms with Crippen molar-refractivity contribution in [3.05, 3.63) is 21.4 Å². The number of aromatic amines is 1. The number of aryl methyl sites for hydroxylation is 1. The van der Waals surface area contributed by atoms with E-state index in [0.717, 1.165) is 21.8 Å². The quantitative estimate of drug-likeness (QED) is 0.719. The maximum Gasteiger partial charge on any atom is 0.128 e. The number of nitrogens with zero attached hydrogens (tertiary/aromatic N) is 1. The van der Waals surface area contributed by atoms with Crippen LogP contribution in [0.1, 0.15) is 37.6 Å². The van der Waals surface area contributed by atoms with Gasteiger partial charge in [-0.05, 0) is 36.2 Å². The number of H-pyrrole nitrogens is 1. The van der Waals surface area contributed by atoms with Crippen LogP contribution in [0.25, 0.3) is 10.2 Å². The molecule has 0 spiro atoms. The Balaban J connectivity index is 2.11. The highest BCUT2D eigenvalue weighted by molar-refractivity contribution is 7.71. The van der Waals surface area contributed by atoms with Crippen molar-refractivity contribution in [3.63, 3.8) is 0 Å². The summed E-state index contributed by atoms with van der Waals surface area (Å²) in [5, 5.41) is 1.21. The summed E-state index contributed by atoms with van der Waals surface area (Å²) in [5.41, 5.74) is 1.86. The Morgan fingerprint density at radius 3 is 2.94 bits per heavy atom. The maximum absolute atomic E-state index is 5.41. The Morgan fingerprint density at radius 2 is 2.22 bits per heavy atom. The van der Waals surface area contributed by atoms with E-state index in [1.807, 2.05) is 11.3 Å². The van der Waals surface area contributed by atoms with Gasteiger partial charge in [-0.1, -0.05) is 33.0 Å². The number of aromatic nitrogens is 2. The molecule has 0 aliphatic heterocycles. The first-order chi connectivity index (χ1) is 8.47. The van der Waals surface area contributed by atoms with Crippen molar-refractivity contribution in [2.75, 3.05) is 0 Å². The summed E-state index contributed by atoms with van der Waals surface area (Å²) >= 11 is 7.24. The summed E-state index contributed by atoms with van der Waals surface area (Å²) in [5.74, 6) is 0.774. The molecule has 18 heavy (non-hydrogen) atoms. The van der Waals surface area contributed by atoms with Gasteiger partial charge < -0.3 is 4.98 Å². The van der Waals surface area contributed by atoms with Gasteiger partial charge in [0.2, 0.25) is 0 Å². The minimum atomic E-state index is 0.393. The van der Waals surface area contributed by atoms with E-state index in [-0.39, 0.29) is 0 Å². The van der Waals surface area contributed by atoms with Gasteiger partial charge in [0, 0.05) is 10.3 Å². The molecule has 1 atom stereocenters. The van der Waals surface area contributed by atoms with Gasteiger partial charge in [-0.25, -0.2) is 4.98 Å². The zero-order chi connectivity index (χ0) is 12.9. The van der Waals surface area contributed by atoms with Crippen molar-refractivity contribution in [1.82, 2.24) is 9.97 Å². The van der Waals surface area contributed by atoms with E-state index in [2.05, 4.69) is 30.7 Å². The van der Waals surface area contributed by atoms with Crippen LogP contribution in [0.15, 0.2) is 6.33 Å².